The average molecular weight is 266 g/mol. The van der Waals surface area contributed by atoms with Crippen LogP contribution in [-0.4, -0.2) is 17.0 Å². The quantitative estimate of drug-likeness (QED) is 0.798. The van der Waals surface area contributed by atoms with Gasteiger partial charge in [0.25, 0.3) is 0 Å². The molecule has 18 heavy (non-hydrogen) atoms. The first-order valence-electron chi connectivity index (χ1n) is 5.51. The second kappa shape index (κ2) is 5.31. The zero-order chi connectivity index (χ0) is 13.1. The largest absolute Gasteiger partial charge is 0.367 e. The normalized spacial score (nSPS) is 10.4. The zero-order valence-corrected chi connectivity index (χ0v) is 10.9. The topological polar surface area (TPSA) is 29.0 Å². The lowest BCUT2D eigenvalue weighted by Crippen LogP contribution is -2.18. The van der Waals surface area contributed by atoms with Crippen LogP contribution in [0.3, 0.4) is 0 Å². The highest BCUT2D eigenvalue weighted by atomic mass is 35.5. The third-order valence-corrected chi connectivity index (χ3v) is 2.71. The summed E-state index contributed by atoms with van der Waals surface area (Å²) in [5.41, 5.74) is 1.73. The molecule has 1 aromatic carbocycles. The molecule has 3 nitrogen and oxygen atoms in total. The van der Waals surface area contributed by atoms with E-state index in [4.69, 9.17) is 11.6 Å². The van der Waals surface area contributed by atoms with Crippen LogP contribution in [0.25, 0.3) is 0 Å². The minimum Gasteiger partial charge on any atom is -0.367 e. The van der Waals surface area contributed by atoms with Crippen LogP contribution in [0.4, 0.5) is 10.1 Å². The highest BCUT2D eigenvalue weighted by Gasteiger charge is 2.06. The van der Waals surface area contributed by atoms with Gasteiger partial charge >= 0.3 is 0 Å². The number of hydrogen-bond donors (Lipinski definition) is 0. The van der Waals surface area contributed by atoms with Crippen molar-refractivity contribution in [3.05, 3.63) is 52.8 Å². The van der Waals surface area contributed by atoms with Crippen molar-refractivity contribution in [2.75, 3.05) is 11.9 Å². The van der Waals surface area contributed by atoms with Crippen molar-refractivity contribution in [3.8, 4) is 0 Å². The van der Waals surface area contributed by atoms with Crippen LogP contribution in [0.2, 0.25) is 5.15 Å². The summed E-state index contributed by atoms with van der Waals surface area (Å²) < 4.78 is 12.8. The Morgan fingerprint density at radius 2 is 1.89 bits per heavy atom. The first-order chi connectivity index (χ1) is 8.54. The minimum atomic E-state index is -0.248. The predicted octanol–water partition coefficient (Wildman–Crippen LogP) is 3.21. The van der Waals surface area contributed by atoms with Crippen molar-refractivity contribution in [3.63, 3.8) is 0 Å². The minimum absolute atomic E-state index is 0.248. The lowest BCUT2D eigenvalue weighted by Gasteiger charge is -2.18. The number of nitrogens with zero attached hydrogens (tertiary/aromatic N) is 3. The van der Waals surface area contributed by atoms with E-state index in [2.05, 4.69) is 9.97 Å². The first kappa shape index (κ1) is 12.8. The maximum Gasteiger partial charge on any atom is 0.149 e. The van der Waals surface area contributed by atoms with Crippen molar-refractivity contribution in [1.82, 2.24) is 9.97 Å². The van der Waals surface area contributed by atoms with Gasteiger partial charge in [-0.05, 0) is 37.3 Å². The van der Waals surface area contributed by atoms with E-state index in [9.17, 15) is 4.39 Å². The Morgan fingerprint density at radius 3 is 2.50 bits per heavy atom. The Kier molecular flexibility index (Phi) is 3.77. The van der Waals surface area contributed by atoms with E-state index in [1.807, 2.05) is 18.9 Å². The molecule has 0 amide bonds. The maximum absolute atomic E-state index is 12.8. The van der Waals surface area contributed by atoms with Crippen LogP contribution in [-0.2, 0) is 6.54 Å². The van der Waals surface area contributed by atoms with E-state index >= 15 is 0 Å². The summed E-state index contributed by atoms with van der Waals surface area (Å²) in [6.45, 7) is 2.39. The molecule has 1 heterocycles. The van der Waals surface area contributed by atoms with Crippen LogP contribution in [0, 0.1) is 12.7 Å². The number of hydrogen-bond acceptors (Lipinski definition) is 3. The molecule has 0 radical (unpaired) electrons. The van der Waals surface area contributed by atoms with Gasteiger partial charge in [0.05, 0.1) is 6.54 Å². The van der Waals surface area contributed by atoms with Gasteiger partial charge in [0.1, 0.15) is 16.8 Å². The van der Waals surface area contributed by atoms with Crippen molar-refractivity contribution in [1.29, 1.82) is 0 Å². The van der Waals surface area contributed by atoms with Gasteiger partial charge in [0.15, 0.2) is 0 Å². The molecule has 0 fully saturated rings. The van der Waals surface area contributed by atoms with Crippen molar-refractivity contribution in [2.45, 2.75) is 13.5 Å². The summed E-state index contributed by atoms with van der Waals surface area (Å²) >= 11 is 5.88. The zero-order valence-electron chi connectivity index (χ0n) is 10.2. The van der Waals surface area contributed by atoms with E-state index in [-0.39, 0.29) is 5.82 Å². The lowest BCUT2D eigenvalue weighted by atomic mass is 10.3. The second-order valence-corrected chi connectivity index (χ2v) is 4.47. The molecule has 0 saturated carbocycles. The van der Waals surface area contributed by atoms with E-state index in [0.29, 0.717) is 17.5 Å². The molecule has 0 saturated heterocycles. The molecule has 0 spiro atoms. The SMILES string of the molecule is Cc1cc(Cl)nc(CN(C)c2ccc(F)cc2)n1. The predicted molar refractivity (Wildman–Crippen MR) is 70.3 cm³/mol. The van der Waals surface area contributed by atoms with Crippen LogP contribution < -0.4 is 4.90 Å². The maximum atomic E-state index is 12.8. The fourth-order valence-electron chi connectivity index (χ4n) is 1.66. The van der Waals surface area contributed by atoms with Crippen LogP contribution in [0.1, 0.15) is 11.5 Å². The second-order valence-electron chi connectivity index (χ2n) is 4.08. The van der Waals surface area contributed by atoms with Gasteiger partial charge in [0.2, 0.25) is 0 Å². The molecule has 2 rings (SSSR count). The number of halogens is 2. The molecule has 0 aliphatic carbocycles. The molecule has 0 N–H and O–H groups in total. The summed E-state index contributed by atoms with van der Waals surface area (Å²) in [6, 6.07) is 7.99. The van der Waals surface area contributed by atoms with Crippen LogP contribution >= 0.6 is 11.6 Å². The highest BCUT2D eigenvalue weighted by molar-refractivity contribution is 6.29. The van der Waals surface area contributed by atoms with Gasteiger partial charge in [-0.15, -0.1) is 0 Å². The van der Waals surface area contributed by atoms with E-state index < -0.39 is 0 Å². The van der Waals surface area contributed by atoms with Gasteiger partial charge < -0.3 is 4.90 Å². The first-order valence-corrected chi connectivity index (χ1v) is 5.89. The third kappa shape index (κ3) is 3.17. The molecule has 0 aliphatic heterocycles. The van der Waals surface area contributed by atoms with E-state index in [0.717, 1.165) is 11.4 Å². The molecule has 0 atom stereocenters. The molecule has 2 aromatic rings. The van der Waals surface area contributed by atoms with E-state index in [1.165, 1.54) is 12.1 Å². The van der Waals surface area contributed by atoms with Gasteiger partial charge in [0, 0.05) is 18.4 Å². The number of aromatic nitrogens is 2. The molecule has 5 heteroatoms. The number of anilines is 1. The lowest BCUT2D eigenvalue weighted by molar-refractivity contribution is 0.627. The molecular weight excluding hydrogens is 253 g/mol. The van der Waals surface area contributed by atoms with E-state index in [1.54, 1.807) is 18.2 Å². The Hall–Kier alpha value is -1.68. The smallest absolute Gasteiger partial charge is 0.149 e. The fourth-order valence-corrected chi connectivity index (χ4v) is 1.91. The van der Waals surface area contributed by atoms with Crippen LogP contribution in [0.5, 0.6) is 0 Å². The summed E-state index contributed by atoms with van der Waals surface area (Å²) in [7, 11) is 1.90. The number of rotatable bonds is 3. The molecule has 0 unspecified atom stereocenters. The fraction of sp³-hybridized carbons (Fsp3) is 0.231. The third-order valence-electron chi connectivity index (χ3n) is 2.52. The summed E-state index contributed by atoms with van der Waals surface area (Å²) in [5.74, 6) is 0.397. The summed E-state index contributed by atoms with van der Waals surface area (Å²) in [5, 5.41) is 0.435. The van der Waals surface area contributed by atoms with Crippen molar-refractivity contribution < 1.29 is 4.39 Å². The summed E-state index contributed by atoms with van der Waals surface area (Å²) in [4.78, 5) is 10.4. The summed E-state index contributed by atoms with van der Waals surface area (Å²) in [6.07, 6.45) is 0. The molecule has 1 aromatic heterocycles. The Morgan fingerprint density at radius 1 is 1.22 bits per heavy atom. The monoisotopic (exact) mass is 265 g/mol. The van der Waals surface area contributed by atoms with Gasteiger partial charge in [-0.3, -0.25) is 0 Å². The van der Waals surface area contributed by atoms with Gasteiger partial charge in [-0.1, -0.05) is 11.6 Å². The Bertz CT molecular complexity index is 522. The molecule has 0 bridgehead atoms. The van der Waals surface area contributed by atoms with Crippen molar-refractivity contribution >= 4 is 17.3 Å². The Balaban J connectivity index is 2.15. The highest BCUT2D eigenvalue weighted by Crippen LogP contribution is 2.15. The van der Waals surface area contributed by atoms with Gasteiger partial charge in [-0.2, -0.15) is 0 Å². The van der Waals surface area contributed by atoms with Gasteiger partial charge in [-0.25, -0.2) is 14.4 Å². The molecular formula is C13H13ClFN3. The Labute approximate surface area is 110 Å². The molecule has 94 valence electrons. The average Bonchev–Trinajstić information content (AvgIpc) is 2.28. The standard InChI is InChI=1S/C13H13ClFN3/c1-9-7-12(14)17-13(16-9)8-18(2)11-5-3-10(15)4-6-11/h3-7H,8H2,1-2H3. The number of benzene rings is 1. The van der Waals surface area contributed by atoms with Crippen LogP contribution in [0.15, 0.2) is 30.3 Å². The van der Waals surface area contributed by atoms with Crippen molar-refractivity contribution in [2.24, 2.45) is 0 Å². The number of aryl methyl sites for hydroxylation is 1. The molecule has 0 aliphatic rings.